The van der Waals surface area contributed by atoms with Crippen LogP contribution in [-0.2, 0) is 4.79 Å². The summed E-state index contributed by atoms with van der Waals surface area (Å²) in [5.41, 5.74) is 0.900. The van der Waals surface area contributed by atoms with E-state index in [2.05, 4.69) is 60.7 Å². The molecule has 5 aromatic carbocycles. The van der Waals surface area contributed by atoms with Crippen LogP contribution in [0.5, 0.6) is 0 Å². The summed E-state index contributed by atoms with van der Waals surface area (Å²) in [6.45, 7) is 0. The molecule has 1 aliphatic heterocycles. The molecule has 0 N–H and O–H groups in total. The number of anilines is 1. The van der Waals surface area contributed by atoms with Crippen molar-refractivity contribution in [3.8, 4) is 0 Å². The molecule has 0 radical (unpaired) electrons. The van der Waals surface area contributed by atoms with Gasteiger partial charge in [0.05, 0.1) is 11.4 Å². The van der Waals surface area contributed by atoms with Gasteiger partial charge in [-0.1, -0.05) is 84.6 Å². The van der Waals surface area contributed by atoms with Crippen LogP contribution in [-0.4, -0.2) is 16.0 Å². The zero-order chi connectivity index (χ0) is 18.1. The molecule has 0 atom stereocenters. The van der Waals surface area contributed by atoms with Gasteiger partial charge < -0.3 is 0 Å². The molecular formula is C23H13NOS2. The van der Waals surface area contributed by atoms with Gasteiger partial charge >= 0.3 is 0 Å². The first-order chi connectivity index (χ1) is 13.2. The van der Waals surface area contributed by atoms with Crippen LogP contribution in [0.15, 0.2) is 66.7 Å². The molecule has 128 valence electrons. The van der Waals surface area contributed by atoms with Crippen molar-refractivity contribution < 1.29 is 4.79 Å². The summed E-state index contributed by atoms with van der Waals surface area (Å²) in [5, 5.41) is 9.61. The fourth-order valence-corrected chi connectivity index (χ4v) is 5.49. The molecule has 1 saturated heterocycles. The highest BCUT2D eigenvalue weighted by molar-refractivity contribution is 8.24. The van der Waals surface area contributed by atoms with Crippen molar-refractivity contribution in [2.75, 3.05) is 10.7 Å². The van der Waals surface area contributed by atoms with Crippen LogP contribution in [0.4, 0.5) is 5.69 Å². The quantitative estimate of drug-likeness (QED) is 0.198. The van der Waals surface area contributed by atoms with E-state index in [0.29, 0.717) is 10.1 Å². The molecule has 1 fully saturated rings. The lowest BCUT2D eigenvalue weighted by atomic mass is 9.89. The van der Waals surface area contributed by atoms with Gasteiger partial charge in [0.2, 0.25) is 5.91 Å². The number of amides is 1. The lowest BCUT2D eigenvalue weighted by Gasteiger charge is -2.21. The number of thiocarbonyl (C=S) groups is 1. The van der Waals surface area contributed by atoms with Crippen LogP contribution < -0.4 is 4.90 Å². The van der Waals surface area contributed by atoms with Crippen LogP contribution in [0.2, 0.25) is 0 Å². The van der Waals surface area contributed by atoms with Gasteiger partial charge in [-0.25, -0.2) is 0 Å². The topological polar surface area (TPSA) is 20.3 Å². The number of hydrogen-bond donors (Lipinski definition) is 0. The van der Waals surface area contributed by atoms with Crippen molar-refractivity contribution in [3.63, 3.8) is 0 Å². The number of nitrogens with zero attached hydrogens (tertiary/aromatic N) is 1. The Balaban J connectivity index is 1.93. The molecule has 2 nitrogen and oxygen atoms in total. The molecule has 0 bridgehead atoms. The van der Waals surface area contributed by atoms with E-state index in [1.165, 1.54) is 49.5 Å². The first-order valence-electron chi connectivity index (χ1n) is 8.82. The number of fused-ring (bicyclic) bond motifs is 2. The molecule has 1 heterocycles. The Hall–Kier alpha value is -2.69. The fraction of sp³-hybridized carbons (Fsp3) is 0.0435. The number of rotatable bonds is 1. The van der Waals surface area contributed by atoms with Crippen molar-refractivity contribution in [2.24, 2.45) is 0 Å². The van der Waals surface area contributed by atoms with Gasteiger partial charge in [0, 0.05) is 5.39 Å². The summed E-state index contributed by atoms with van der Waals surface area (Å²) in [4.78, 5) is 14.3. The number of hydrogen-bond acceptors (Lipinski definition) is 3. The number of thioether (sulfide) groups is 1. The molecule has 0 unspecified atom stereocenters. The maximum atomic E-state index is 12.6. The van der Waals surface area contributed by atoms with Crippen LogP contribution in [0.25, 0.3) is 43.1 Å². The summed E-state index contributed by atoms with van der Waals surface area (Å²) < 4.78 is 0.638. The van der Waals surface area contributed by atoms with Crippen LogP contribution in [0.3, 0.4) is 0 Å². The van der Waals surface area contributed by atoms with Crippen molar-refractivity contribution in [1.29, 1.82) is 0 Å². The second-order valence-corrected chi connectivity index (χ2v) is 8.47. The second kappa shape index (κ2) is 5.41. The molecule has 4 heteroatoms. The lowest BCUT2D eigenvalue weighted by molar-refractivity contribution is -0.115. The van der Waals surface area contributed by atoms with Gasteiger partial charge in [-0.3, -0.25) is 9.69 Å². The first kappa shape index (κ1) is 15.4. The van der Waals surface area contributed by atoms with Gasteiger partial charge in [0.1, 0.15) is 4.32 Å². The third kappa shape index (κ3) is 1.97. The third-order valence-electron chi connectivity index (χ3n) is 5.48. The van der Waals surface area contributed by atoms with Gasteiger partial charge in [0.15, 0.2) is 0 Å². The molecule has 0 spiro atoms. The Bertz CT molecular complexity index is 1400. The summed E-state index contributed by atoms with van der Waals surface area (Å²) in [5.74, 6) is 0.475. The van der Waals surface area contributed by atoms with E-state index < -0.39 is 0 Å². The SMILES string of the molecule is O=C1CSC(=S)N1c1ccc2cccc3c4cccc5cccc(c1c23)c54. The normalized spacial score (nSPS) is 15.2. The van der Waals surface area contributed by atoms with Crippen LogP contribution in [0, 0.1) is 0 Å². The van der Waals surface area contributed by atoms with E-state index in [1.807, 2.05) is 6.07 Å². The predicted octanol–water partition coefficient (Wildman–Crippen LogP) is 6.10. The average Bonchev–Trinajstić information content (AvgIpc) is 3.03. The zero-order valence-electron chi connectivity index (χ0n) is 14.2. The first-order valence-corrected chi connectivity index (χ1v) is 10.2. The van der Waals surface area contributed by atoms with Crippen molar-refractivity contribution in [1.82, 2.24) is 0 Å². The maximum absolute atomic E-state index is 12.6. The van der Waals surface area contributed by atoms with Gasteiger partial charge in [0.25, 0.3) is 0 Å². The molecule has 0 saturated carbocycles. The van der Waals surface area contributed by atoms with Crippen molar-refractivity contribution in [2.45, 2.75) is 0 Å². The maximum Gasteiger partial charge on any atom is 0.243 e. The van der Waals surface area contributed by atoms with Gasteiger partial charge in [-0.15, -0.1) is 0 Å². The summed E-state index contributed by atoms with van der Waals surface area (Å²) >= 11 is 6.95. The molecule has 5 aromatic rings. The Morgan fingerprint density at radius 2 is 1.37 bits per heavy atom. The van der Waals surface area contributed by atoms with E-state index >= 15 is 0 Å². The van der Waals surface area contributed by atoms with E-state index in [-0.39, 0.29) is 5.91 Å². The Morgan fingerprint density at radius 1 is 0.741 bits per heavy atom. The number of benzene rings is 5. The minimum Gasteiger partial charge on any atom is -0.273 e. The van der Waals surface area contributed by atoms with E-state index in [9.17, 15) is 4.79 Å². The number of carbonyl (C=O) groups excluding carboxylic acids is 1. The largest absolute Gasteiger partial charge is 0.273 e. The lowest BCUT2D eigenvalue weighted by Crippen LogP contribution is -2.28. The monoisotopic (exact) mass is 383 g/mol. The number of carbonyl (C=O) groups is 1. The summed E-state index contributed by atoms with van der Waals surface area (Å²) in [6.07, 6.45) is 0. The Kier molecular flexibility index (Phi) is 3.08. The minimum atomic E-state index is 0.0594. The summed E-state index contributed by atoms with van der Waals surface area (Å²) in [7, 11) is 0. The molecule has 1 amide bonds. The smallest absolute Gasteiger partial charge is 0.243 e. The van der Waals surface area contributed by atoms with E-state index in [4.69, 9.17) is 12.2 Å². The van der Waals surface area contributed by atoms with Gasteiger partial charge in [-0.05, 0) is 43.8 Å². The van der Waals surface area contributed by atoms with Crippen LogP contribution >= 0.6 is 24.0 Å². The Labute approximate surface area is 165 Å². The second-order valence-electron chi connectivity index (χ2n) is 6.86. The molecule has 0 aromatic heterocycles. The standard InChI is InChI=1S/C23H13NOS2/c25-19-12-27-23(26)24(19)18-11-10-14-6-2-8-16-15-7-1-4-13-5-3-9-17(20(13)15)22(18)21(14)16/h1-11H,12H2. The minimum absolute atomic E-state index is 0.0594. The van der Waals surface area contributed by atoms with E-state index in [1.54, 1.807) is 4.90 Å². The fourth-order valence-electron chi connectivity index (χ4n) is 4.41. The van der Waals surface area contributed by atoms with Crippen molar-refractivity contribution >= 4 is 83.0 Å². The van der Waals surface area contributed by atoms with Crippen LogP contribution in [0.1, 0.15) is 0 Å². The highest BCUT2D eigenvalue weighted by Crippen LogP contribution is 2.45. The zero-order valence-corrected chi connectivity index (χ0v) is 15.9. The molecular weight excluding hydrogens is 370 g/mol. The highest BCUT2D eigenvalue weighted by Gasteiger charge is 2.30. The van der Waals surface area contributed by atoms with Crippen molar-refractivity contribution in [3.05, 3.63) is 66.7 Å². The third-order valence-corrected chi connectivity index (χ3v) is 6.84. The average molecular weight is 383 g/mol. The Morgan fingerprint density at radius 3 is 2.04 bits per heavy atom. The highest BCUT2D eigenvalue weighted by atomic mass is 32.2. The molecule has 0 aliphatic carbocycles. The molecule has 1 aliphatic rings. The predicted molar refractivity (Wildman–Crippen MR) is 120 cm³/mol. The van der Waals surface area contributed by atoms with E-state index in [0.717, 1.165) is 11.1 Å². The molecule has 27 heavy (non-hydrogen) atoms. The molecule has 6 rings (SSSR count). The van der Waals surface area contributed by atoms with Gasteiger partial charge in [-0.2, -0.15) is 0 Å². The summed E-state index contributed by atoms with van der Waals surface area (Å²) in [6, 6.07) is 23.4.